The van der Waals surface area contributed by atoms with Crippen molar-refractivity contribution in [3.63, 3.8) is 0 Å². The summed E-state index contributed by atoms with van der Waals surface area (Å²) in [7, 11) is 0. The maximum Gasteiger partial charge on any atom is 1.00 e. The van der Waals surface area contributed by atoms with Crippen LogP contribution >= 0.6 is 0 Å². The van der Waals surface area contributed by atoms with Crippen LogP contribution in [-0.4, -0.2) is 12.1 Å². The summed E-state index contributed by atoms with van der Waals surface area (Å²) in [4.78, 5) is 0. The molecule has 0 radical (unpaired) electrons. The van der Waals surface area contributed by atoms with Crippen molar-refractivity contribution in [1.29, 1.82) is 0 Å². The van der Waals surface area contributed by atoms with Gasteiger partial charge in [-0.3, -0.25) is 0 Å². The summed E-state index contributed by atoms with van der Waals surface area (Å²) >= 11 is 0. The zero-order chi connectivity index (χ0) is 8.77. The minimum atomic E-state index is -4.94. The van der Waals surface area contributed by atoms with Crippen molar-refractivity contribution in [3.05, 3.63) is 12.0 Å². The molecule has 0 spiro atoms. The van der Waals surface area contributed by atoms with Crippen molar-refractivity contribution >= 4 is 12.4 Å². The van der Waals surface area contributed by atoms with Crippen LogP contribution in [0.2, 0.25) is 0 Å². The molecule has 7 heteroatoms. The maximum atomic E-state index is 12.2. The largest absolute Gasteiger partial charge is 1.00 e. The second-order valence-corrected chi connectivity index (χ2v) is 2.99. The van der Waals surface area contributed by atoms with Crippen LogP contribution in [0, 0.1) is 0 Å². The third kappa shape index (κ3) is 2.59. The molecule has 0 saturated heterocycles. The molecule has 0 N–H and O–H groups in total. The van der Waals surface area contributed by atoms with Gasteiger partial charge in [-0.05, 0) is 18.3 Å². The molecule has 1 aliphatic carbocycles. The van der Waals surface area contributed by atoms with Gasteiger partial charge in [0.1, 0.15) is 5.76 Å². The monoisotopic (exact) mass is 215 g/mol. The van der Waals surface area contributed by atoms with Gasteiger partial charge in [0.2, 0.25) is 0 Å². The molecular weight excluding hydrogens is 209 g/mol. The van der Waals surface area contributed by atoms with Crippen molar-refractivity contribution in [2.75, 3.05) is 0 Å². The molecule has 0 amide bonds. The first kappa shape index (κ1) is 11.8. The Hall–Kier alpha value is 0.701. The van der Waals surface area contributed by atoms with E-state index in [2.05, 4.69) is 9.68 Å². The number of nitrogens with zero attached hydrogens (tertiary/aromatic N) is 1. The Morgan fingerprint density at radius 1 is 1.38 bits per heavy atom. The molecule has 66 valence electrons. The van der Waals surface area contributed by atoms with Crippen LogP contribution in [0.25, 0.3) is 0 Å². The molecule has 13 heavy (non-hydrogen) atoms. The predicted molar refractivity (Wildman–Crippen MR) is 37.2 cm³/mol. The first-order valence-electron chi connectivity index (χ1n) is 3.73. The van der Waals surface area contributed by atoms with E-state index in [-0.39, 0.29) is 63.1 Å². The maximum absolute atomic E-state index is 12.2. The molecule has 2 nitrogen and oxygen atoms in total. The van der Waals surface area contributed by atoms with Crippen molar-refractivity contribution in [2.24, 2.45) is 0 Å². The molecule has 1 aromatic heterocycles. The molecule has 1 heterocycles. The van der Waals surface area contributed by atoms with Crippen molar-refractivity contribution in [3.8, 4) is 0 Å². The van der Waals surface area contributed by atoms with Gasteiger partial charge < -0.3 is 17.5 Å². The number of hydrogen-bond acceptors (Lipinski definition) is 2. The molecule has 0 aliphatic heterocycles. The Morgan fingerprint density at radius 3 is 2.46 bits per heavy atom. The molecular formula is C6H6BF3KNO. The Morgan fingerprint density at radius 2 is 2.00 bits per heavy atom. The van der Waals surface area contributed by atoms with Gasteiger partial charge in [-0.15, -0.1) is 0 Å². The van der Waals surface area contributed by atoms with E-state index in [4.69, 9.17) is 0 Å². The molecule has 0 atom stereocenters. The summed E-state index contributed by atoms with van der Waals surface area (Å²) in [5.41, 5.74) is -0.655. The van der Waals surface area contributed by atoms with Gasteiger partial charge in [-0.1, -0.05) is 5.16 Å². The fourth-order valence-corrected chi connectivity index (χ4v) is 1.16. The molecule has 0 bridgehead atoms. The number of aromatic nitrogens is 1. The molecule has 1 aliphatic rings. The standard InChI is InChI=1S/C6H6BF3NO.K/c8-7(9,10)5-3-11-12-6(5)4-1-2-4;/h3-4H,1-2H2;/q-1;+1. The summed E-state index contributed by atoms with van der Waals surface area (Å²) < 4.78 is 41.3. The van der Waals surface area contributed by atoms with E-state index in [9.17, 15) is 12.9 Å². The fourth-order valence-electron chi connectivity index (χ4n) is 1.16. The Bertz CT molecular complexity index is 296. The van der Waals surface area contributed by atoms with Gasteiger partial charge in [0, 0.05) is 12.1 Å². The van der Waals surface area contributed by atoms with Crippen LogP contribution in [0.5, 0.6) is 0 Å². The van der Waals surface area contributed by atoms with Crippen molar-refractivity contribution < 1.29 is 68.9 Å². The van der Waals surface area contributed by atoms with E-state index >= 15 is 0 Å². The van der Waals surface area contributed by atoms with Crippen molar-refractivity contribution in [2.45, 2.75) is 18.8 Å². The summed E-state index contributed by atoms with van der Waals surface area (Å²) in [5, 5.41) is 3.17. The minimum Gasteiger partial charge on any atom is -0.445 e. The van der Waals surface area contributed by atoms with Crippen LogP contribution in [0.3, 0.4) is 0 Å². The van der Waals surface area contributed by atoms with E-state index in [1.807, 2.05) is 0 Å². The van der Waals surface area contributed by atoms with Crippen molar-refractivity contribution in [1.82, 2.24) is 5.16 Å². The average molecular weight is 215 g/mol. The average Bonchev–Trinajstić information content (AvgIpc) is 2.65. The summed E-state index contributed by atoms with van der Waals surface area (Å²) in [5.74, 6) is -0.00602. The third-order valence-electron chi connectivity index (χ3n) is 1.93. The molecule has 0 aromatic carbocycles. The first-order valence-corrected chi connectivity index (χ1v) is 3.73. The van der Waals surface area contributed by atoms with E-state index in [0.29, 0.717) is 0 Å². The second kappa shape index (κ2) is 4.06. The molecule has 0 unspecified atom stereocenters. The normalized spacial score (nSPS) is 16.8. The Labute approximate surface area is 116 Å². The zero-order valence-electron chi connectivity index (χ0n) is 7.14. The third-order valence-corrected chi connectivity index (χ3v) is 1.93. The molecule has 1 aromatic rings. The first-order chi connectivity index (χ1) is 5.59. The SMILES string of the molecule is F[B-](F)(F)c1cnoc1C1CC1.[K+]. The number of halogens is 3. The van der Waals surface area contributed by atoms with Crippen LogP contribution < -0.4 is 56.8 Å². The van der Waals surface area contributed by atoms with E-state index in [1.165, 1.54) is 0 Å². The zero-order valence-corrected chi connectivity index (χ0v) is 10.3. The van der Waals surface area contributed by atoms with Crippen LogP contribution in [0.4, 0.5) is 12.9 Å². The van der Waals surface area contributed by atoms with Crippen LogP contribution in [-0.2, 0) is 0 Å². The number of rotatable bonds is 2. The number of hydrogen-bond donors (Lipinski definition) is 0. The predicted octanol–water partition coefficient (Wildman–Crippen LogP) is -1.39. The summed E-state index contributed by atoms with van der Waals surface area (Å²) in [6, 6.07) is 0. The van der Waals surface area contributed by atoms with Crippen LogP contribution in [0.1, 0.15) is 24.5 Å². The Kier molecular flexibility index (Phi) is 3.68. The smallest absolute Gasteiger partial charge is 0.445 e. The van der Waals surface area contributed by atoms with Crippen LogP contribution in [0.15, 0.2) is 10.7 Å². The van der Waals surface area contributed by atoms with Gasteiger partial charge >= 0.3 is 58.4 Å². The Balaban J connectivity index is 0.000000845. The van der Waals surface area contributed by atoms with E-state index in [1.54, 1.807) is 0 Å². The van der Waals surface area contributed by atoms with Gasteiger partial charge in [-0.25, -0.2) is 0 Å². The van der Waals surface area contributed by atoms with E-state index in [0.717, 1.165) is 19.0 Å². The quantitative estimate of drug-likeness (QED) is 0.568. The molecule has 2 rings (SSSR count). The van der Waals surface area contributed by atoms with Gasteiger partial charge in [0.05, 0.1) is 0 Å². The van der Waals surface area contributed by atoms with Gasteiger partial charge in [0.25, 0.3) is 0 Å². The summed E-state index contributed by atoms with van der Waals surface area (Å²) in [6.45, 7) is -4.94. The van der Waals surface area contributed by atoms with Gasteiger partial charge in [-0.2, -0.15) is 0 Å². The second-order valence-electron chi connectivity index (χ2n) is 2.99. The fraction of sp³-hybridized carbons (Fsp3) is 0.500. The van der Waals surface area contributed by atoms with Gasteiger partial charge in [0.15, 0.2) is 0 Å². The molecule has 1 fully saturated rings. The molecule has 1 saturated carbocycles. The minimum absolute atomic E-state index is 0. The topological polar surface area (TPSA) is 26.0 Å². The van der Waals surface area contributed by atoms with E-state index < -0.39 is 12.4 Å². The summed E-state index contributed by atoms with van der Waals surface area (Å²) in [6.07, 6.45) is 2.34.